The molecule has 0 radical (unpaired) electrons. The topological polar surface area (TPSA) is 46.1 Å². The monoisotopic (exact) mass is 220 g/mol. The number of benzene rings is 1. The summed E-state index contributed by atoms with van der Waals surface area (Å²) >= 11 is 0. The Morgan fingerprint density at radius 2 is 0.938 bits per heavy atom. The van der Waals surface area contributed by atoms with Crippen LogP contribution in [0.4, 0.5) is 0 Å². The Morgan fingerprint density at radius 1 is 0.688 bits per heavy atom. The molecule has 0 heterocycles. The molecule has 0 aromatic heterocycles. The summed E-state index contributed by atoms with van der Waals surface area (Å²) in [6.07, 6.45) is 0. The first-order valence-electron chi connectivity index (χ1n) is 5.57. The van der Waals surface area contributed by atoms with E-state index in [9.17, 15) is 10.2 Å². The van der Waals surface area contributed by atoms with Gasteiger partial charge in [-0.3, -0.25) is 0 Å². The van der Waals surface area contributed by atoms with Crippen LogP contribution in [0.25, 0.3) is 0 Å². The van der Waals surface area contributed by atoms with Gasteiger partial charge in [0.1, 0.15) is 0 Å². The first-order valence-corrected chi connectivity index (χ1v) is 5.57. The van der Waals surface area contributed by atoms with Crippen LogP contribution in [0.15, 0.2) is 12.1 Å². The van der Waals surface area contributed by atoms with Crippen LogP contribution < -0.4 is 10.2 Å². The van der Waals surface area contributed by atoms with Crippen molar-refractivity contribution in [3.05, 3.63) is 23.3 Å². The zero-order valence-electron chi connectivity index (χ0n) is 11.0. The van der Waals surface area contributed by atoms with Crippen LogP contribution in [0, 0.1) is 0 Å². The molecule has 16 heavy (non-hydrogen) atoms. The lowest BCUT2D eigenvalue weighted by Crippen LogP contribution is -2.20. The van der Waals surface area contributed by atoms with E-state index in [4.69, 9.17) is 0 Å². The van der Waals surface area contributed by atoms with Crippen molar-refractivity contribution in [2.24, 2.45) is 0 Å². The highest BCUT2D eigenvalue weighted by atomic mass is 16.3. The quantitative estimate of drug-likeness (QED) is 0.674. The average Bonchev–Trinajstić information content (AvgIpc) is 2.05. The van der Waals surface area contributed by atoms with E-state index in [0.29, 0.717) is 11.1 Å². The van der Waals surface area contributed by atoms with Crippen molar-refractivity contribution in [2.75, 3.05) is 0 Å². The summed E-state index contributed by atoms with van der Waals surface area (Å²) in [5.41, 5.74) is 0.662. The van der Waals surface area contributed by atoms with Gasteiger partial charge in [0.2, 0.25) is 0 Å². The molecule has 2 heteroatoms. The summed E-state index contributed by atoms with van der Waals surface area (Å²) < 4.78 is 0. The first kappa shape index (κ1) is 12.9. The number of hydrogen-bond donors (Lipinski definition) is 0. The van der Waals surface area contributed by atoms with Crippen LogP contribution in [-0.2, 0) is 10.8 Å². The molecular formula is C14H20O2-2. The Kier molecular flexibility index (Phi) is 2.97. The van der Waals surface area contributed by atoms with Crippen LogP contribution in [0.2, 0.25) is 0 Å². The fraction of sp³-hybridized carbons (Fsp3) is 0.571. The van der Waals surface area contributed by atoms with Crippen LogP contribution in [0.5, 0.6) is 11.5 Å². The standard InChI is InChI=1S/C14H22O2/c1-13(2,3)9-7-8-10(14(4,5)6)12(16)11(9)15/h7-8,15-16H,1-6H3/p-2. The summed E-state index contributed by atoms with van der Waals surface area (Å²) in [6.45, 7) is 11.7. The molecule has 0 saturated carbocycles. The van der Waals surface area contributed by atoms with Crippen LogP contribution in [0.1, 0.15) is 52.7 Å². The maximum Gasteiger partial charge on any atom is -0.0138 e. The molecule has 0 saturated heterocycles. The fourth-order valence-electron chi connectivity index (χ4n) is 1.74. The van der Waals surface area contributed by atoms with E-state index < -0.39 is 0 Å². The Bertz CT molecular complexity index is 353. The molecule has 0 aliphatic carbocycles. The number of hydrogen-bond acceptors (Lipinski definition) is 2. The lowest BCUT2D eigenvalue weighted by atomic mass is 9.81. The Balaban J connectivity index is 3.41. The first-order chi connectivity index (χ1) is 7.05. The molecule has 90 valence electrons. The minimum absolute atomic E-state index is 0.271. The summed E-state index contributed by atoms with van der Waals surface area (Å²) in [4.78, 5) is 0. The molecule has 0 bridgehead atoms. The van der Waals surface area contributed by atoms with Crippen molar-refractivity contribution in [1.82, 2.24) is 0 Å². The molecular weight excluding hydrogens is 200 g/mol. The molecule has 0 aliphatic rings. The number of rotatable bonds is 0. The van der Waals surface area contributed by atoms with Crippen molar-refractivity contribution in [3.8, 4) is 11.5 Å². The zero-order valence-corrected chi connectivity index (χ0v) is 11.0. The lowest BCUT2D eigenvalue weighted by Gasteiger charge is -2.35. The largest absolute Gasteiger partial charge is 0.873 e. The van der Waals surface area contributed by atoms with Crippen LogP contribution in [0.3, 0.4) is 0 Å². The van der Waals surface area contributed by atoms with Gasteiger partial charge in [-0.05, 0) is 10.8 Å². The van der Waals surface area contributed by atoms with E-state index in [1.807, 2.05) is 41.5 Å². The molecule has 0 fully saturated rings. The molecule has 0 amide bonds. The highest BCUT2D eigenvalue weighted by Crippen LogP contribution is 2.39. The third-order valence-corrected chi connectivity index (χ3v) is 2.73. The van der Waals surface area contributed by atoms with E-state index in [0.717, 1.165) is 0 Å². The van der Waals surface area contributed by atoms with Gasteiger partial charge in [-0.2, -0.15) is 0 Å². The van der Waals surface area contributed by atoms with Gasteiger partial charge in [-0.25, -0.2) is 0 Å². The van der Waals surface area contributed by atoms with Gasteiger partial charge >= 0.3 is 0 Å². The predicted octanol–water partition coefficient (Wildman–Crippen LogP) is 2.43. The van der Waals surface area contributed by atoms with Crippen molar-refractivity contribution in [2.45, 2.75) is 52.4 Å². The molecule has 0 spiro atoms. The minimum atomic E-state index is -0.347. The molecule has 0 aliphatic heterocycles. The van der Waals surface area contributed by atoms with Gasteiger partial charge in [-0.15, -0.1) is 11.5 Å². The second-order valence-corrected chi connectivity index (χ2v) is 6.32. The molecule has 1 aromatic carbocycles. The highest BCUT2D eigenvalue weighted by Gasteiger charge is 2.19. The Labute approximate surface area is 97.9 Å². The third kappa shape index (κ3) is 2.31. The van der Waals surface area contributed by atoms with Crippen molar-refractivity contribution in [1.29, 1.82) is 0 Å². The highest BCUT2D eigenvalue weighted by molar-refractivity contribution is 5.52. The molecule has 0 atom stereocenters. The zero-order chi connectivity index (χ0) is 12.7. The predicted molar refractivity (Wildman–Crippen MR) is 62.7 cm³/mol. The summed E-state index contributed by atoms with van der Waals surface area (Å²) in [6, 6.07) is 3.59. The van der Waals surface area contributed by atoms with Gasteiger partial charge in [0.05, 0.1) is 0 Å². The lowest BCUT2D eigenvalue weighted by molar-refractivity contribution is -0.319. The molecule has 2 nitrogen and oxygen atoms in total. The van der Waals surface area contributed by atoms with E-state index in [1.165, 1.54) is 0 Å². The Hall–Kier alpha value is -1.18. The summed E-state index contributed by atoms with van der Waals surface area (Å²) in [5.74, 6) is -0.695. The van der Waals surface area contributed by atoms with Crippen molar-refractivity contribution in [3.63, 3.8) is 0 Å². The van der Waals surface area contributed by atoms with Crippen molar-refractivity contribution >= 4 is 0 Å². The maximum atomic E-state index is 12.0. The van der Waals surface area contributed by atoms with E-state index >= 15 is 0 Å². The van der Waals surface area contributed by atoms with Gasteiger partial charge in [-0.1, -0.05) is 64.8 Å². The van der Waals surface area contributed by atoms with Crippen molar-refractivity contribution < 1.29 is 10.2 Å². The Morgan fingerprint density at radius 3 is 1.12 bits per heavy atom. The maximum absolute atomic E-state index is 12.0. The van der Waals surface area contributed by atoms with E-state index in [-0.39, 0.29) is 22.3 Å². The molecule has 1 aromatic rings. The SMILES string of the molecule is CC(C)(C)c1ccc(C(C)(C)C)c([O-])c1[O-]. The van der Waals surface area contributed by atoms with Crippen LogP contribution >= 0.6 is 0 Å². The third-order valence-electron chi connectivity index (χ3n) is 2.73. The molecule has 0 N–H and O–H groups in total. The molecule has 0 unspecified atom stereocenters. The molecule has 1 rings (SSSR count). The second-order valence-electron chi connectivity index (χ2n) is 6.32. The van der Waals surface area contributed by atoms with Crippen LogP contribution in [-0.4, -0.2) is 0 Å². The van der Waals surface area contributed by atoms with Gasteiger partial charge in [0, 0.05) is 0 Å². The fourth-order valence-corrected chi connectivity index (χ4v) is 1.74. The summed E-state index contributed by atoms with van der Waals surface area (Å²) in [7, 11) is 0. The van der Waals surface area contributed by atoms with Gasteiger partial charge < -0.3 is 10.2 Å². The van der Waals surface area contributed by atoms with E-state index in [2.05, 4.69) is 0 Å². The smallest absolute Gasteiger partial charge is 0.0138 e. The average molecular weight is 220 g/mol. The van der Waals surface area contributed by atoms with Gasteiger partial charge in [0.25, 0.3) is 0 Å². The second kappa shape index (κ2) is 3.69. The van der Waals surface area contributed by atoms with Gasteiger partial charge in [0.15, 0.2) is 0 Å². The van der Waals surface area contributed by atoms with E-state index in [1.54, 1.807) is 12.1 Å². The normalized spacial score (nSPS) is 12.9. The minimum Gasteiger partial charge on any atom is -0.873 e. The summed E-state index contributed by atoms with van der Waals surface area (Å²) in [5, 5.41) is 23.9.